The van der Waals surface area contributed by atoms with Gasteiger partial charge in [-0.15, -0.1) is 0 Å². The molecule has 2 N–H and O–H groups in total. The molecule has 34 heavy (non-hydrogen) atoms. The Hall–Kier alpha value is -3.53. The van der Waals surface area contributed by atoms with Crippen LogP contribution in [0.1, 0.15) is 28.9 Å². The van der Waals surface area contributed by atoms with Gasteiger partial charge in [0, 0.05) is 56.9 Å². The van der Waals surface area contributed by atoms with Crippen molar-refractivity contribution < 1.29 is 18.4 Å². The zero-order valence-corrected chi connectivity index (χ0v) is 18.7. The number of hydrogen-bond donors (Lipinski definition) is 2. The highest BCUT2D eigenvalue weighted by atomic mass is 19.1. The average Bonchev–Trinajstić information content (AvgIpc) is 3.53. The van der Waals surface area contributed by atoms with Crippen molar-refractivity contribution in [3.63, 3.8) is 0 Å². The van der Waals surface area contributed by atoms with Crippen molar-refractivity contribution in [1.29, 1.82) is 0 Å². The second kappa shape index (κ2) is 7.49. The van der Waals surface area contributed by atoms with Crippen molar-refractivity contribution in [2.24, 2.45) is 0 Å². The van der Waals surface area contributed by atoms with Gasteiger partial charge in [0.2, 0.25) is 5.95 Å². The summed E-state index contributed by atoms with van der Waals surface area (Å²) in [7, 11) is 1.47. The Morgan fingerprint density at radius 3 is 2.62 bits per heavy atom. The first kappa shape index (κ1) is 21.0. The number of nitrogens with zero attached hydrogens (tertiary/aromatic N) is 4. The fraction of sp³-hybridized carbons (Fsp3) is 0.375. The Morgan fingerprint density at radius 1 is 1.18 bits per heavy atom. The van der Waals surface area contributed by atoms with Crippen LogP contribution in [-0.2, 0) is 16.9 Å². The van der Waals surface area contributed by atoms with E-state index in [9.17, 15) is 14.0 Å². The van der Waals surface area contributed by atoms with Gasteiger partial charge in [-0.3, -0.25) is 14.5 Å². The van der Waals surface area contributed by atoms with E-state index in [1.54, 1.807) is 6.07 Å². The highest BCUT2D eigenvalue weighted by Gasteiger charge is 2.54. The van der Waals surface area contributed by atoms with E-state index in [1.807, 2.05) is 27.8 Å². The van der Waals surface area contributed by atoms with E-state index >= 15 is 4.39 Å². The molecule has 0 unspecified atom stereocenters. The molecule has 1 spiro atoms. The Bertz CT molecular complexity index is 1340. The number of fused-ring (bicyclic) bond motifs is 1. The van der Waals surface area contributed by atoms with E-state index in [0.29, 0.717) is 44.0 Å². The molecule has 1 aromatic carbocycles. The van der Waals surface area contributed by atoms with Crippen LogP contribution in [0.5, 0.6) is 0 Å². The number of piperazine rings is 1. The van der Waals surface area contributed by atoms with Crippen LogP contribution in [0.25, 0.3) is 10.9 Å². The van der Waals surface area contributed by atoms with Gasteiger partial charge >= 0.3 is 0 Å². The molecule has 10 heteroatoms. The maximum Gasteiger partial charge on any atom is 0.269 e. The molecule has 1 saturated heterocycles. The van der Waals surface area contributed by atoms with Crippen LogP contribution >= 0.6 is 0 Å². The first-order chi connectivity index (χ1) is 16.4. The molecule has 8 nitrogen and oxygen atoms in total. The second-order valence-corrected chi connectivity index (χ2v) is 9.18. The number of carbonyl (C=O) groups excluding carboxylic acids is 2. The molecule has 2 aliphatic heterocycles. The normalized spacial score (nSPS) is 18.9. The van der Waals surface area contributed by atoms with Crippen molar-refractivity contribution in [2.75, 3.05) is 43.4 Å². The summed E-state index contributed by atoms with van der Waals surface area (Å²) in [5.74, 6) is -1.65. The molecule has 2 amide bonds. The van der Waals surface area contributed by atoms with E-state index in [0.717, 1.165) is 23.7 Å². The number of carbonyl (C=O) groups is 2. The number of amides is 2. The molecule has 0 radical (unpaired) electrons. The van der Waals surface area contributed by atoms with E-state index in [-0.39, 0.29) is 17.3 Å². The summed E-state index contributed by atoms with van der Waals surface area (Å²) in [4.78, 5) is 32.1. The van der Waals surface area contributed by atoms with Gasteiger partial charge in [0.1, 0.15) is 16.9 Å². The number of hydrogen-bond acceptors (Lipinski definition) is 5. The number of nitrogens with one attached hydrogen (secondary N) is 2. The topological polar surface area (TPSA) is 82.5 Å². The summed E-state index contributed by atoms with van der Waals surface area (Å²) >= 11 is 0. The van der Waals surface area contributed by atoms with Gasteiger partial charge in [-0.05, 0) is 37.1 Å². The number of halogens is 2. The van der Waals surface area contributed by atoms with Gasteiger partial charge in [0.15, 0.2) is 5.82 Å². The molecule has 6 rings (SSSR count). The van der Waals surface area contributed by atoms with Crippen LogP contribution in [0.2, 0.25) is 0 Å². The molecule has 176 valence electrons. The average molecular weight is 466 g/mol. The molecule has 3 aromatic rings. The zero-order valence-electron chi connectivity index (χ0n) is 18.7. The van der Waals surface area contributed by atoms with Gasteiger partial charge in [-0.25, -0.2) is 9.37 Å². The minimum atomic E-state index is -0.682. The quantitative estimate of drug-likeness (QED) is 0.578. The maximum absolute atomic E-state index is 15.5. The molecule has 0 atom stereocenters. The molecule has 2 fully saturated rings. The van der Waals surface area contributed by atoms with Crippen molar-refractivity contribution in [1.82, 2.24) is 19.8 Å². The lowest BCUT2D eigenvalue weighted by molar-refractivity contribution is -0.120. The number of anilines is 2. The predicted octanol–water partition coefficient (Wildman–Crippen LogP) is 2.44. The van der Waals surface area contributed by atoms with Crippen molar-refractivity contribution in [3.8, 4) is 0 Å². The lowest BCUT2D eigenvalue weighted by Gasteiger charge is -2.36. The van der Waals surface area contributed by atoms with Crippen LogP contribution in [-0.4, -0.2) is 59.5 Å². The number of pyridine rings is 1. The summed E-state index contributed by atoms with van der Waals surface area (Å²) in [6.45, 7) is 2.71. The second-order valence-electron chi connectivity index (χ2n) is 9.18. The number of aromatic nitrogens is 2. The van der Waals surface area contributed by atoms with Gasteiger partial charge in [-0.2, -0.15) is 4.39 Å². The molecular formula is C24H24F2N6O2. The van der Waals surface area contributed by atoms with Crippen LogP contribution in [0, 0.1) is 11.8 Å². The minimum absolute atomic E-state index is 0.0331. The van der Waals surface area contributed by atoms with Crippen LogP contribution in [0.4, 0.5) is 20.2 Å². The Balaban J connectivity index is 1.19. The zero-order chi connectivity index (χ0) is 23.6. The van der Waals surface area contributed by atoms with Crippen LogP contribution in [0.15, 0.2) is 30.5 Å². The van der Waals surface area contributed by atoms with Crippen molar-refractivity contribution in [3.05, 3.63) is 53.5 Å². The van der Waals surface area contributed by atoms with E-state index in [2.05, 4.69) is 20.5 Å². The lowest BCUT2D eigenvalue weighted by atomic mass is 10.0. The molecule has 0 bridgehead atoms. The fourth-order valence-electron chi connectivity index (χ4n) is 5.16. The molecule has 2 aromatic heterocycles. The molecule has 1 aliphatic carbocycles. The van der Waals surface area contributed by atoms with E-state index in [4.69, 9.17) is 0 Å². The largest absolute Gasteiger partial charge is 0.365 e. The number of benzene rings is 1. The Labute approximate surface area is 194 Å². The highest BCUT2D eigenvalue weighted by molar-refractivity contribution is 6.09. The Kier molecular flexibility index (Phi) is 4.63. The summed E-state index contributed by atoms with van der Waals surface area (Å²) in [6.07, 6.45) is 3.45. The van der Waals surface area contributed by atoms with Crippen LogP contribution < -0.4 is 15.5 Å². The summed E-state index contributed by atoms with van der Waals surface area (Å²) in [5, 5.41) is 6.17. The maximum atomic E-state index is 15.5. The highest BCUT2D eigenvalue weighted by Crippen LogP contribution is 2.50. The third-order valence-corrected chi connectivity index (χ3v) is 7.23. The SMILES string of the molecule is CNC(=O)c1ccc(N2CCN(Cc3cc4ccn5c4c(c3F)NC(=O)C53CC3)CC2)c(F)n1. The smallest absolute Gasteiger partial charge is 0.269 e. The molecule has 1 saturated carbocycles. The van der Waals surface area contributed by atoms with E-state index < -0.39 is 23.2 Å². The third-order valence-electron chi connectivity index (χ3n) is 7.23. The predicted molar refractivity (Wildman–Crippen MR) is 123 cm³/mol. The van der Waals surface area contributed by atoms with E-state index in [1.165, 1.54) is 13.1 Å². The van der Waals surface area contributed by atoms with Crippen LogP contribution in [0.3, 0.4) is 0 Å². The summed E-state index contributed by atoms with van der Waals surface area (Å²) in [6, 6.07) is 6.89. The molecule has 3 aliphatic rings. The third kappa shape index (κ3) is 3.08. The molecule has 4 heterocycles. The van der Waals surface area contributed by atoms with Gasteiger partial charge in [0.05, 0.1) is 11.2 Å². The Morgan fingerprint density at radius 2 is 1.94 bits per heavy atom. The van der Waals surface area contributed by atoms with Crippen molar-refractivity contribution >= 4 is 34.1 Å². The summed E-state index contributed by atoms with van der Waals surface area (Å²) in [5.41, 5.74) is 1.40. The van der Waals surface area contributed by atoms with Gasteiger partial charge in [0.25, 0.3) is 11.8 Å². The minimum Gasteiger partial charge on any atom is -0.365 e. The summed E-state index contributed by atoms with van der Waals surface area (Å²) < 4.78 is 31.9. The molecular weight excluding hydrogens is 442 g/mol. The first-order valence-corrected chi connectivity index (χ1v) is 11.4. The monoisotopic (exact) mass is 466 g/mol. The number of rotatable bonds is 4. The standard InChI is InChI=1S/C24H24F2N6O2/c1-27-22(33)16-2-3-17(21(26)28-16)31-10-8-30(9-11-31)13-15-12-14-4-7-32-20(14)19(18(15)25)29-23(34)24(32)5-6-24/h2-4,7,12H,5-6,8-11,13H2,1H3,(H,27,33)(H,29,34). The first-order valence-electron chi connectivity index (χ1n) is 11.4. The van der Waals surface area contributed by atoms with Crippen molar-refractivity contribution in [2.45, 2.75) is 24.9 Å². The lowest BCUT2D eigenvalue weighted by Crippen LogP contribution is -2.46. The van der Waals surface area contributed by atoms with Gasteiger partial charge < -0.3 is 20.1 Å². The van der Waals surface area contributed by atoms with Gasteiger partial charge in [-0.1, -0.05) is 0 Å². The fourth-order valence-corrected chi connectivity index (χ4v) is 5.16.